The third-order valence-electron chi connectivity index (χ3n) is 3.87. The van der Waals surface area contributed by atoms with E-state index in [0.717, 1.165) is 0 Å². The van der Waals surface area contributed by atoms with Crippen LogP contribution in [-0.4, -0.2) is 50.3 Å². The summed E-state index contributed by atoms with van der Waals surface area (Å²) in [4.78, 5) is 14.0. The highest BCUT2D eigenvalue weighted by atomic mass is 19.3. The van der Waals surface area contributed by atoms with E-state index in [0.29, 0.717) is 24.7 Å². The summed E-state index contributed by atoms with van der Waals surface area (Å²) in [7, 11) is 1.77. The number of carbonyl (C=O) groups is 1. The first kappa shape index (κ1) is 18.9. The van der Waals surface area contributed by atoms with Gasteiger partial charge in [0.05, 0.1) is 12.2 Å². The summed E-state index contributed by atoms with van der Waals surface area (Å²) in [6, 6.07) is 13.5. The Morgan fingerprint density at radius 3 is 2.70 bits per heavy atom. The van der Waals surface area contributed by atoms with Crippen molar-refractivity contribution in [3.05, 3.63) is 48.5 Å². The van der Waals surface area contributed by atoms with Crippen LogP contribution in [0.4, 0.5) is 14.5 Å². The van der Waals surface area contributed by atoms with Gasteiger partial charge in [0.2, 0.25) is 5.91 Å². The number of amides is 1. The van der Waals surface area contributed by atoms with Crippen molar-refractivity contribution in [2.75, 3.05) is 32.1 Å². The summed E-state index contributed by atoms with van der Waals surface area (Å²) in [6.45, 7) is -2.05. The highest BCUT2D eigenvalue weighted by Crippen LogP contribution is 2.31. The molecule has 0 aliphatic carbocycles. The standard InChI is InChI=1S/C19H20F2N2O4/c1-23(10-13-12-25-16-8-4-5-9-17(16)26-13)11-18(24)22-14-6-2-3-7-15(14)27-19(20)21/h2-9,13,19H,10-12H2,1H3,(H,22,24)/t13-/m0/s1. The van der Waals surface area contributed by atoms with Crippen LogP contribution in [0.3, 0.4) is 0 Å². The minimum atomic E-state index is -2.96. The number of fused-ring (bicyclic) bond motifs is 1. The van der Waals surface area contributed by atoms with Crippen LogP contribution in [0.5, 0.6) is 17.2 Å². The number of ether oxygens (including phenoxy) is 3. The zero-order chi connectivity index (χ0) is 19.2. The molecule has 0 unspecified atom stereocenters. The molecule has 2 aromatic rings. The summed E-state index contributed by atoms with van der Waals surface area (Å²) in [5.41, 5.74) is 0.197. The van der Waals surface area contributed by atoms with Crippen LogP contribution in [0.2, 0.25) is 0 Å². The molecule has 0 bridgehead atoms. The fourth-order valence-corrected chi connectivity index (χ4v) is 2.77. The Kier molecular flexibility index (Phi) is 6.08. The van der Waals surface area contributed by atoms with Gasteiger partial charge < -0.3 is 19.5 Å². The smallest absolute Gasteiger partial charge is 0.387 e. The van der Waals surface area contributed by atoms with Gasteiger partial charge in [-0.3, -0.25) is 9.69 Å². The number of halogens is 2. The summed E-state index contributed by atoms with van der Waals surface area (Å²) in [5.74, 6) is 0.943. The average molecular weight is 378 g/mol. The molecule has 0 aromatic heterocycles. The monoisotopic (exact) mass is 378 g/mol. The second-order valence-corrected chi connectivity index (χ2v) is 6.12. The normalized spacial score (nSPS) is 15.7. The van der Waals surface area contributed by atoms with Gasteiger partial charge >= 0.3 is 6.61 Å². The number of likely N-dealkylation sites (N-methyl/N-ethyl adjacent to an activating group) is 1. The Morgan fingerprint density at radius 1 is 1.22 bits per heavy atom. The molecule has 2 aromatic carbocycles. The van der Waals surface area contributed by atoms with Gasteiger partial charge in [-0.25, -0.2) is 0 Å². The van der Waals surface area contributed by atoms with E-state index in [4.69, 9.17) is 9.47 Å². The number of carbonyl (C=O) groups excluding carboxylic acids is 1. The Hall–Kier alpha value is -2.87. The maximum absolute atomic E-state index is 12.4. The molecule has 6 nitrogen and oxygen atoms in total. The second-order valence-electron chi connectivity index (χ2n) is 6.12. The van der Waals surface area contributed by atoms with Gasteiger partial charge in [0.1, 0.15) is 18.5 Å². The van der Waals surface area contributed by atoms with Gasteiger partial charge in [0, 0.05) is 6.54 Å². The fourth-order valence-electron chi connectivity index (χ4n) is 2.77. The molecule has 1 atom stereocenters. The van der Waals surface area contributed by atoms with Gasteiger partial charge in [-0.15, -0.1) is 0 Å². The lowest BCUT2D eigenvalue weighted by atomic mass is 10.2. The maximum Gasteiger partial charge on any atom is 0.387 e. The molecule has 0 saturated carbocycles. The molecule has 8 heteroatoms. The molecule has 1 aliphatic rings. The minimum absolute atomic E-state index is 0.0600. The number of hydrogen-bond acceptors (Lipinski definition) is 5. The van der Waals surface area contributed by atoms with E-state index in [1.165, 1.54) is 12.1 Å². The Morgan fingerprint density at radius 2 is 1.93 bits per heavy atom. The largest absolute Gasteiger partial charge is 0.486 e. The van der Waals surface area contributed by atoms with E-state index in [-0.39, 0.29) is 30.0 Å². The number of nitrogens with one attached hydrogen (secondary N) is 1. The first-order valence-electron chi connectivity index (χ1n) is 8.42. The zero-order valence-electron chi connectivity index (χ0n) is 14.7. The van der Waals surface area contributed by atoms with Crippen molar-refractivity contribution in [2.45, 2.75) is 12.7 Å². The molecular weight excluding hydrogens is 358 g/mol. The molecule has 0 fully saturated rings. The molecule has 0 radical (unpaired) electrons. The molecule has 1 amide bonds. The van der Waals surface area contributed by atoms with E-state index in [1.54, 1.807) is 24.1 Å². The molecule has 1 N–H and O–H groups in total. The number of hydrogen-bond donors (Lipinski definition) is 1. The number of anilines is 1. The first-order chi connectivity index (χ1) is 13.0. The van der Waals surface area contributed by atoms with Crippen LogP contribution in [0.25, 0.3) is 0 Å². The van der Waals surface area contributed by atoms with E-state index >= 15 is 0 Å². The van der Waals surface area contributed by atoms with Gasteiger partial charge in [-0.2, -0.15) is 8.78 Å². The van der Waals surface area contributed by atoms with Gasteiger partial charge in [0.25, 0.3) is 0 Å². The van der Waals surface area contributed by atoms with E-state index in [1.807, 2.05) is 24.3 Å². The molecule has 1 heterocycles. The highest BCUT2D eigenvalue weighted by molar-refractivity contribution is 5.93. The molecule has 3 rings (SSSR count). The predicted molar refractivity (Wildman–Crippen MR) is 95.6 cm³/mol. The van der Waals surface area contributed by atoms with Crippen molar-refractivity contribution in [1.29, 1.82) is 0 Å². The lowest BCUT2D eigenvalue weighted by molar-refractivity contribution is -0.117. The molecule has 27 heavy (non-hydrogen) atoms. The van der Waals surface area contributed by atoms with Gasteiger partial charge in [-0.05, 0) is 31.3 Å². The lowest BCUT2D eigenvalue weighted by Crippen LogP contribution is -2.42. The van der Waals surface area contributed by atoms with Crippen molar-refractivity contribution < 1.29 is 27.8 Å². The number of alkyl halides is 2. The lowest BCUT2D eigenvalue weighted by Gasteiger charge is -2.29. The predicted octanol–water partition coefficient (Wildman–Crippen LogP) is 3.00. The summed E-state index contributed by atoms with van der Waals surface area (Å²) in [5, 5.41) is 2.59. The Balaban J connectivity index is 1.51. The van der Waals surface area contributed by atoms with Gasteiger partial charge in [0.15, 0.2) is 11.5 Å². The second kappa shape index (κ2) is 8.68. The highest BCUT2D eigenvalue weighted by Gasteiger charge is 2.23. The third-order valence-corrected chi connectivity index (χ3v) is 3.87. The van der Waals surface area contributed by atoms with Crippen LogP contribution in [0, 0.1) is 0 Å². The SMILES string of the molecule is CN(CC(=O)Nc1ccccc1OC(F)F)C[C@H]1COc2ccccc2O1. The maximum atomic E-state index is 12.4. The summed E-state index contributed by atoms with van der Waals surface area (Å²) < 4.78 is 40.8. The van der Waals surface area contributed by atoms with Crippen molar-refractivity contribution in [1.82, 2.24) is 4.90 Å². The summed E-state index contributed by atoms with van der Waals surface area (Å²) >= 11 is 0. The van der Waals surface area contributed by atoms with E-state index < -0.39 is 6.61 Å². The number of nitrogens with zero attached hydrogens (tertiary/aromatic N) is 1. The van der Waals surface area contributed by atoms with Crippen molar-refractivity contribution >= 4 is 11.6 Å². The average Bonchev–Trinajstić information content (AvgIpc) is 2.62. The number of rotatable bonds is 7. The third kappa shape index (κ3) is 5.30. The first-order valence-corrected chi connectivity index (χ1v) is 8.42. The number of benzene rings is 2. The molecule has 1 aliphatic heterocycles. The molecular formula is C19H20F2N2O4. The van der Waals surface area contributed by atoms with Crippen LogP contribution < -0.4 is 19.5 Å². The Bertz CT molecular complexity index is 788. The molecule has 144 valence electrons. The minimum Gasteiger partial charge on any atom is -0.486 e. The van der Waals surface area contributed by atoms with Crippen molar-refractivity contribution in [3.63, 3.8) is 0 Å². The van der Waals surface area contributed by atoms with Crippen LogP contribution in [0.1, 0.15) is 0 Å². The van der Waals surface area contributed by atoms with E-state index in [2.05, 4.69) is 10.1 Å². The van der Waals surface area contributed by atoms with Crippen LogP contribution in [0.15, 0.2) is 48.5 Å². The Labute approximate surface area is 155 Å². The zero-order valence-corrected chi connectivity index (χ0v) is 14.7. The van der Waals surface area contributed by atoms with Crippen LogP contribution in [-0.2, 0) is 4.79 Å². The number of para-hydroxylation sites is 4. The fraction of sp³-hybridized carbons (Fsp3) is 0.316. The molecule has 0 saturated heterocycles. The molecule has 0 spiro atoms. The van der Waals surface area contributed by atoms with E-state index in [9.17, 15) is 13.6 Å². The van der Waals surface area contributed by atoms with Crippen molar-refractivity contribution in [2.24, 2.45) is 0 Å². The quantitative estimate of drug-likeness (QED) is 0.803. The summed E-state index contributed by atoms with van der Waals surface area (Å²) in [6.07, 6.45) is -0.216. The van der Waals surface area contributed by atoms with Crippen molar-refractivity contribution in [3.8, 4) is 17.2 Å². The topological polar surface area (TPSA) is 60.0 Å². The van der Waals surface area contributed by atoms with Gasteiger partial charge in [-0.1, -0.05) is 24.3 Å². The van der Waals surface area contributed by atoms with Crippen LogP contribution >= 0.6 is 0 Å².